The third-order valence-electron chi connectivity index (χ3n) is 3.78. The van der Waals surface area contributed by atoms with Crippen LogP contribution in [0.25, 0.3) is 0 Å². The molecule has 0 unspecified atom stereocenters. The van der Waals surface area contributed by atoms with Gasteiger partial charge in [0.05, 0.1) is 18.6 Å². The quantitative estimate of drug-likeness (QED) is 0.777. The standard InChI is InChI=1S/C18H20N2O6S/c1-3-24-15-7-5-14(6-8-15)20(27(2,22)23)11-18(21)19-13-4-9-16-17(10-13)26-12-25-16/h4-10H,3,11-12H2,1-2H3,(H,19,21). The van der Waals surface area contributed by atoms with Gasteiger partial charge in [-0.15, -0.1) is 0 Å². The van der Waals surface area contributed by atoms with Crippen molar-refractivity contribution in [1.82, 2.24) is 0 Å². The van der Waals surface area contributed by atoms with Gasteiger partial charge in [0, 0.05) is 11.8 Å². The number of amides is 1. The number of anilines is 2. The molecule has 0 spiro atoms. The van der Waals surface area contributed by atoms with Gasteiger partial charge in [-0.1, -0.05) is 0 Å². The summed E-state index contributed by atoms with van der Waals surface area (Å²) in [6.07, 6.45) is 1.05. The minimum absolute atomic E-state index is 0.131. The van der Waals surface area contributed by atoms with Crippen LogP contribution in [0.1, 0.15) is 6.92 Å². The van der Waals surface area contributed by atoms with E-state index in [1.54, 1.807) is 42.5 Å². The van der Waals surface area contributed by atoms with Crippen LogP contribution < -0.4 is 23.8 Å². The Morgan fingerprint density at radius 1 is 1.15 bits per heavy atom. The second-order valence-corrected chi connectivity index (χ2v) is 7.72. The normalized spacial score (nSPS) is 12.5. The molecule has 3 rings (SSSR count). The summed E-state index contributed by atoms with van der Waals surface area (Å²) in [6.45, 7) is 2.14. The predicted octanol–water partition coefficient (Wildman–Crippen LogP) is 2.22. The van der Waals surface area contributed by atoms with E-state index in [0.717, 1.165) is 10.6 Å². The van der Waals surface area contributed by atoms with Crippen molar-refractivity contribution < 1.29 is 27.4 Å². The van der Waals surface area contributed by atoms with Crippen LogP contribution in [0.4, 0.5) is 11.4 Å². The third-order valence-corrected chi connectivity index (χ3v) is 4.92. The largest absolute Gasteiger partial charge is 0.494 e. The number of fused-ring (bicyclic) bond motifs is 1. The van der Waals surface area contributed by atoms with Crippen molar-refractivity contribution >= 4 is 27.3 Å². The van der Waals surface area contributed by atoms with Crippen LogP contribution in [-0.2, 0) is 14.8 Å². The molecular weight excluding hydrogens is 372 g/mol. The lowest BCUT2D eigenvalue weighted by Crippen LogP contribution is -2.37. The van der Waals surface area contributed by atoms with Gasteiger partial charge in [-0.2, -0.15) is 0 Å². The molecule has 1 N–H and O–H groups in total. The zero-order valence-corrected chi connectivity index (χ0v) is 15.8. The van der Waals surface area contributed by atoms with E-state index < -0.39 is 15.9 Å². The molecule has 0 saturated carbocycles. The summed E-state index contributed by atoms with van der Waals surface area (Å²) < 4.78 is 41.2. The number of hydrogen-bond donors (Lipinski definition) is 1. The number of sulfonamides is 1. The number of carbonyl (C=O) groups excluding carboxylic acids is 1. The topological polar surface area (TPSA) is 94.2 Å². The highest BCUT2D eigenvalue weighted by molar-refractivity contribution is 7.92. The summed E-state index contributed by atoms with van der Waals surface area (Å²) >= 11 is 0. The Bertz CT molecular complexity index is 927. The molecule has 0 saturated heterocycles. The van der Waals surface area contributed by atoms with Crippen LogP contribution >= 0.6 is 0 Å². The van der Waals surface area contributed by atoms with E-state index in [2.05, 4.69) is 5.32 Å². The van der Waals surface area contributed by atoms with Crippen molar-refractivity contribution in [3.63, 3.8) is 0 Å². The first-order chi connectivity index (χ1) is 12.9. The summed E-state index contributed by atoms with van der Waals surface area (Å²) in [5.74, 6) is 1.27. The highest BCUT2D eigenvalue weighted by Crippen LogP contribution is 2.34. The van der Waals surface area contributed by atoms with E-state index in [1.807, 2.05) is 6.92 Å². The van der Waals surface area contributed by atoms with E-state index in [9.17, 15) is 13.2 Å². The molecular formula is C18H20N2O6S. The maximum Gasteiger partial charge on any atom is 0.245 e. The molecule has 27 heavy (non-hydrogen) atoms. The molecule has 1 aliphatic heterocycles. The van der Waals surface area contributed by atoms with Crippen LogP contribution in [0.15, 0.2) is 42.5 Å². The van der Waals surface area contributed by atoms with Gasteiger partial charge in [-0.25, -0.2) is 8.42 Å². The summed E-state index contributed by atoms with van der Waals surface area (Å²) in [6, 6.07) is 11.5. The lowest BCUT2D eigenvalue weighted by molar-refractivity contribution is -0.114. The van der Waals surface area contributed by atoms with E-state index in [4.69, 9.17) is 14.2 Å². The smallest absolute Gasteiger partial charge is 0.245 e. The maximum atomic E-state index is 12.4. The van der Waals surface area contributed by atoms with Crippen molar-refractivity contribution in [3.05, 3.63) is 42.5 Å². The fraction of sp³-hybridized carbons (Fsp3) is 0.278. The molecule has 2 aromatic carbocycles. The zero-order chi connectivity index (χ0) is 19.4. The predicted molar refractivity (Wildman–Crippen MR) is 101 cm³/mol. The molecule has 0 bridgehead atoms. The third kappa shape index (κ3) is 4.62. The fourth-order valence-corrected chi connectivity index (χ4v) is 3.44. The van der Waals surface area contributed by atoms with E-state index >= 15 is 0 Å². The number of benzene rings is 2. The highest BCUT2D eigenvalue weighted by atomic mass is 32.2. The molecule has 1 aliphatic rings. The number of ether oxygens (including phenoxy) is 3. The van der Waals surface area contributed by atoms with Gasteiger partial charge >= 0.3 is 0 Å². The lowest BCUT2D eigenvalue weighted by Gasteiger charge is -2.22. The van der Waals surface area contributed by atoms with Crippen LogP contribution in [-0.4, -0.2) is 40.5 Å². The number of carbonyl (C=O) groups is 1. The first-order valence-corrected chi connectivity index (χ1v) is 10.1. The van der Waals surface area contributed by atoms with Gasteiger partial charge in [0.2, 0.25) is 22.7 Å². The van der Waals surface area contributed by atoms with Crippen LogP contribution in [0.5, 0.6) is 17.2 Å². The number of nitrogens with zero attached hydrogens (tertiary/aromatic N) is 1. The Kier molecular flexibility index (Phi) is 5.41. The second-order valence-electron chi connectivity index (χ2n) is 5.81. The Labute approximate surface area is 157 Å². The van der Waals surface area contributed by atoms with Crippen molar-refractivity contribution in [1.29, 1.82) is 0 Å². The fourth-order valence-electron chi connectivity index (χ4n) is 2.58. The molecule has 2 aromatic rings. The molecule has 0 atom stereocenters. The molecule has 144 valence electrons. The summed E-state index contributed by atoms with van der Waals surface area (Å²) in [4.78, 5) is 12.4. The summed E-state index contributed by atoms with van der Waals surface area (Å²) in [5.41, 5.74) is 0.867. The highest BCUT2D eigenvalue weighted by Gasteiger charge is 2.21. The minimum atomic E-state index is -3.65. The van der Waals surface area contributed by atoms with Gasteiger partial charge in [0.15, 0.2) is 11.5 Å². The second kappa shape index (κ2) is 7.75. The number of hydrogen-bond acceptors (Lipinski definition) is 6. The molecule has 8 nitrogen and oxygen atoms in total. The minimum Gasteiger partial charge on any atom is -0.494 e. The lowest BCUT2D eigenvalue weighted by atomic mass is 10.2. The molecule has 0 aliphatic carbocycles. The van der Waals surface area contributed by atoms with Gasteiger partial charge < -0.3 is 19.5 Å². The van der Waals surface area contributed by atoms with E-state index in [-0.39, 0.29) is 13.3 Å². The summed E-state index contributed by atoms with van der Waals surface area (Å²) in [7, 11) is -3.65. The van der Waals surface area contributed by atoms with Crippen LogP contribution in [0, 0.1) is 0 Å². The van der Waals surface area contributed by atoms with Crippen LogP contribution in [0.3, 0.4) is 0 Å². The average Bonchev–Trinajstić information content (AvgIpc) is 3.08. The van der Waals surface area contributed by atoms with Crippen molar-refractivity contribution in [2.45, 2.75) is 6.92 Å². The number of nitrogens with one attached hydrogen (secondary N) is 1. The first kappa shape index (κ1) is 18.8. The summed E-state index contributed by atoms with van der Waals surface area (Å²) in [5, 5.41) is 2.67. The Balaban J connectivity index is 1.73. The Hall–Kier alpha value is -2.94. The van der Waals surface area contributed by atoms with Crippen molar-refractivity contribution in [3.8, 4) is 17.2 Å². The zero-order valence-electron chi connectivity index (χ0n) is 15.0. The Morgan fingerprint density at radius 3 is 2.52 bits per heavy atom. The van der Waals surface area contributed by atoms with E-state index in [0.29, 0.717) is 35.2 Å². The number of rotatable bonds is 7. The van der Waals surface area contributed by atoms with Gasteiger partial charge in [-0.05, 0) is 43.3 Å². The van der Waals surface area contributed by atoms with Crippen LogP contribution in [0.2, 0.25) is 0 Å². The van der Waals surface area contributed by atoms with Gasteiger partial charge in [0.1, 0.15) is 12.3 Å². The van der Waals surface area contributed by atoms with Crippen molar-refractivity contribution in [2.24, 2.45) is 0 Å². The van der Waals surface area contributed by atoms with Crippen molar-refractivity contribution in [2.75, 3.05) is 35.8 Å². The van der Waals surface area contributed by atoms with E-state index in [1.165, 1.54) is 0 Å². The maximum absolute atomic E-state index is 12.4. The average molecular weight is 392 g/mol. The molecule has 1 heterocycles. The van der Waals surface area contributed by atoms with Gasteiger partial charge in [-0.3, -0.25) is 9.10 Å². The molecule has 0 aromatic heterocycles. The Morgan fingerprint density at radius 2 is 1.85 bits per heavy atom. The SMILES string of the molecule is CCOc1ccc(N(CC(=O)Nc2ccc3c(c2)OCO3)S(C)(=O)=O)cc1. The first-order valence-electron chi connectivity index (χ1n) is 8.27. The van der Waals surface area contributed by atoms with Gasteiger partial charge in [0.25, 0.3) is 0 Å². The monoisotopic (exact) mass is 392 g/mol. The molecule has 0 fully saturated rings. The molecule has 1 amide bonds. The molecule has 0 radical (unpaired) electrons. The molecule has 9 heteroatoms.